The fraction of sp³-hybridized carbons (Fsp3) is 0.409. The number of anilines is 1. The normalized spacial score (nSPS) is 15.6. The van der Waals surface area contributed by atoms with Crippen LogP contribution < -0.4 is 5.32 Å². The van der Waals surface area contributed by atoms with Crippen molar-refractivity contribution in [2.24, 2.45) is 0 Å². The van der Waals surface area contributed by atoms with Gasteiger partial charge in [-0.1, -0.05) is 42.1 Å². The molecule has 1 atom stereocenters. The number of tetrazole rings is 1. The summed E-state index contributed by atoms with van der Waals surface area (Å²) in [7, 11) is 0. The van der Waals surface area contributed by atoms with Crippen molar-refractivity contribution in [3.63, 3.8) is 0 Å². The lowest BCUT2D eigenvalue weighted by atomic mass is 10.2. The largest absolute Gasteiger partial charge is 0.376 e. The molecule has 0 unspecified atom stereocenters. The number of amides is 1. The number of benzene rings is 1. The second kappa shape index (κ2) is 9.97. The van der Waals surface area contributed by atoms with Gasteiger partial charge in [0.05, 0.1) is 24.0 Å². The Morgan fingerprint density at radius 1 is 1.34 bits per heavy atom. The van der Waals surface area contributed by atoms with E-state index in [2.05, 4.69) is 26.9 Å². The van der Waals surface area contributed by atoms with Gasteiger partial charge in [-0.2, -0.15) is 5.26 Å². The molecule has 3 heterocycles. The highest BCUT2D eigenvalue weighted by Gasteiger charge is 2.22. The SMILES string of the molecule is Cc1c(C#N)c(NC(=O)CSc2nnnn2C[C@@H]2CCCO2)n(Cc2ccccc2)c1C. The van der Waals surface area contributed by atoms with Crippen LogP contribution in [0.2, 0.25) is 0 Å². The number of nitrogens with zero attached hydrogens (tertiary/aromatic N) is 6. The van der Waals surface area contributed by atoms with Crippen LogP contribution in [0.5, 0.6) is 0 Å². The first-order valence-electron chi connectivity index (χ1n) is 10.5. The van der Waals surface area contributed by atoms with Gasteiger partial charge in [0, 0.05) is 18.8 Å². The van der Waals surface area contributed by atoms with Crippen molar-refractivity contribution in [1.29, 1.82) is 5.26 Å². The molecular weight excluding hydrogens is 426 g/mol. The van der Waals surface area contributed by atoms with Crippen molar-refractivity contribution in [3.05, 3.63) is 52.7 Å². The molecule has 1 saturated heterocycles. The molecule has 166 valence electrons. The number of rotatable bonds is 8. The van der Waals surface area contributed by atoms with E-state index in [9.17, 15) is 10.1 Å². The molecule has 1 N–H and O–H groups in total. The van der Waals surface area contributed by atoms with E-state index in [0.717, 1.165) is 36.3 Å². The topological polar surface area (TPSA) is 111 Å². The van der Waals surface area contributed by atoms with Crippen molar-refractivity contribution in [2.75, 3.05) is 17.7 Å². The summed E-state index contributed by atoms with van der Waals surface area (Å²) in [6, 6.07) is 12.2. The van der Waals surface area contributed by atoms with Gasteiger partial charge >= 0.3 is 0 Å². The summed E-state index contributed by atoms with van der Waals surface area (Å²) >= 11 is 1.27. The minimum Gasteiger partial charge on any atom is -0.376 e. The summed E-state index contributed by atoms with van der Waals surface area (Å²) in [6.45, 7) is 5.77. The highest BCUT2D eigenvalue weighted by Crippen LogP contribution is 2.28. The number of carbonyl (C=O) groups excluding carboxylic acids is 1. The van der Waals surface area contributed by atoms with Gasteiger partial charge < -0.3 is 14.6 Å². The third-order valence-electron chi connectivity index (χ3n) is 5.61. The minimum atomic E-state index is -0.218. The van der Waals surface area contributed by atoms with E-state index in [-0.39, 0.29) is 17.8 Å². The second-order valence-corrected chi connectivity index (χ2v) is 8.68. The van der Waals surface area contributed by atoms with Crippen LogP contribution in [-0.4, -0.2) is 49.1 Å². The van der Waals surface area contributed by atoms with E-state index in [4.69, 9.17) is 4.74 Å². The summed E-state index contributed by atoms with van der Waals surface area (Å²) in [5.74, 6) is 0.437. The molecule has 1 aliphatic heterocycles. The molecule has 3 aromatic rings. The summed E-state index contributed by atoms with van der Waals surface area (Å²) < 4.78 is 9.31. The summed E-state index contributed by atoms with van der Waals surface area (Å²) in [4.78, 5) is 12.8. The van der Waals surface area contributed by atoms with Crippen molar-refractivity contribution >= 4 is 23.5 Å². The van der Waals surface area contributed by atoms with Crippen LogP contribution in [0.1, 0.15) is 35.2 Å². The summed E-state index contributed by atoms with van der Waals surface area (Å²) in [5.41, 5.74) is 3.40. The van der Waals surface area contributed by atoms with Crippen LogP contribution >= 0.6 is 11.8 Å². The van der Waals surface area contributed by atoms with Gasteiger partial charge in [-0.3, -0.25) is 4.79 Å². The van der Waals surface area contributed by atoms with Crippen molar-refractivity contribution < 1.29 is 9.53 Å². The fourth-order valence-electron chi connectivity index (χ4n) is 3.79. The molecule has 10 heteroatoms. The fourth-order valence-corrected chi connectivity index (χ4v) is 4.47. The molecule has 0 radical (unpaired) electrons. The first-order chi connectivity index (χ1) is 15.6. The molecule has 4 rings (SSSR count). The molecule has 1 fully saturated rings. The Balaban J connectivity index is 1.46. The molecule has 9 nitrogen and oxygen atoms in total. The Labute approximate surface area is 190 Å². The van der Waals surface area contributed by atoms with Crippen LogP contribution in [0, 0.1) is 25.2 Å². The average Bonchev–Trinajstić information content (AvgIpc) is 3.52. The van der Waals surface area contributed by atoms with E-state index in [1.807, 2.05) is 48.7 Å². The Kier molecular flexibility index (Phi) is 6.87. The van der Waals surface area contributed by atoms with E-state index >= 15 is 0 Å². The number of hydrogen-bond acceptors (Lipinski definition) is 7. The lowest BCUT2D eigenvalue weighted by molar-refractivity contribution is -0.113. The Bertz CT molecular complexity index is 1130. The number of thioether (sulfide) groups is 1. The number of carbonyl (C=O) groups is 1. The molecule has 0 bridgehead atoms. The van der Waals surface area contributed by atoms with Crippen LogP contribution in [0.15, 0.2) is 35.5 Å². The van der Waals surface area contributed by atoms with E-state index in [0.29, 0.717) is 29.6 Å². The molecular formula is C22H25N7O2S. The molecule has 0 aliphatic carbocycles. The van der Waals surface area contributed by atoms with E-state index in [1.54, 1.807) is 4.68 Å². The average molecular weight is 452 g/mol. The highest BCUT2D eigenvalue weighted by atomic mass is 32.2. The van der Waals surface area contributed by atoms with Crippen LogP contribution in [0.3, 0.4) is 0 Å². The van der Waals surface area contributed by atoms with Gasteiger partial charge in [-0.05, 0) is 48.2 Å². The van der Waals surface area contributed by atoms with Crippen LogP contribution in [-0.2, 0) is 22.6 Å². The Morgan fingerprint density at radius 2 is 2.16 bits per heavy atom. The van der Waals surface area contributed by atoms with Gasteiger partial charge in [0.15, 0.2) is 0 Å². The lowest BCUT2D eigenvalue weighted by Gasteiger charge is -2.13. The third-order valence-corrected chi connectivity index (χ3v) is 6.57. The number of nitrogens with one attached hydrogen (secondary N) is 1. The molecule has 0 saturated carbocycles. The standard InChI is InChI=1S/C22H25N7O2S/c1-15-16(2)28(12-17-7-4-3-5-8-17)21(19(15)11-23)24-20(30)14-32-22-25-26-27-29(22)13-18-9-6-10-31-18/h3-5,7-8,18H,6,9-10,12-14H2,1-2H3,(H,24,30)/t18-/m0/s1. The molecule has 32 heavy (non-hydrogen) atoms. The van der Waals surface area contributed by atoms with E-state index < -0.39 is 0 Å². The van der Waals surface area contributed by atoms with Gasteiger partial charge in [0.25, 0.3) is 0 Å². The smallest absolute Gasteiger partial charge is 0.235 e. The zero-order valence-electron chi connectivity index (χ0n) is 18.1. The second-order valence-electron chi connectivity index (χ2n) is 7.73. The Hall–Kier alpha value is -3.16. The van der Waals surface area contributed by atoms with Crippen molar-refractivity contribution in [3.8, 4) is 6.07 Å². The predicted molar refractivity (Wildman–Crippen MR) is 120 cm³/mol. The number of nitriles is 1. The quantitative estimate of drug-likeness (QED) is 0.524. The maximum Gasteiger partial charge on any atom is 0.235 e. The van der Waals surface area contributed by atoms with Crippen molar-refractivity contribution in [2.45, 2.75) is 51.0 Å². The molecule has 2 aromatic heterocycles. The number of aromatic nitrogens is 5. The monoisotopic (exact) mass is 451 g/mol. The van der Waals surface area contributed by atoms with Crippen molar-refractivity contribution in [1.82, 2.24) is 24.8 Å². The minimum absolute atomic E-state index is 0.108. The molecule has 1 aliphatic rings. The first-order valence-corrected chi connectivity index (χ1v) is 11.5. The third kappa shape index (κ3) is 4.84. The first kappa shape index (κ1) is 22.0. The van der Waals surface area contributed by atoms with Gasteiger partial charge in [-0.25, -0.2) is 4.68 Å². The zero-order chi connectivity index (χ0) is 22.5. The Morgan fingerprint density at radius 3 is 2.88 bits per heavy atom. The summed E-state index contributed by atoms with van der Waals surface area (Å²) in [6.07, 6.45) is 2.14. The van der Waals surface area contributed by atoms with Gasteiger partial charge in [0.1, 0.15) is 11.9 Å². The molecule has 1 aromatic carbocycles. The van der Waals surface area contributed by atoms with Crippen LogP contribution in [0.4, 0.5) is 5.82 Å². The predicted octanol–water partition coefficient (Wildman–Crippen LogP) is 2.92. The molecule has 1 amide bonds. The van der Waals surface area contributed by atoms with Gasteiger partial charge in [-0.15, -0.1) is 5.10 Å². The zero-order valence-corrected chi connectivity index (χ0v) is 18.9. The number of hydrogen-bond donors (Lipinski definition) is 1. The summed E-state index contributed by atoms with van der Waals surface area (Å²) in [5, 5.41) is 25.0. The molecule has 0 spiro atoms. The van der Waals surface area contributed by atoms with Gasteiger partial charge in [0.2, 0.25) is 11.1 Å². The maximum absolute atomic E-state index is 12.8. The maximum atomic E-state index is 12.8. The lowest BCUT2D eigenvalue weighted by Crippen LogP contribution is -2.20. The highest BCUT2D eigenvalue weighted by molar-refractivity contribution is 7.99. The van der Waals surface area contributed by atoms with Crippen LogP contribution in [0.25, 0.3) is 0 Å². The van der Waals surface area contributed by atoms with E-state index in [1.165, 1.54) is 11.8 Å². The number of ether oxygens (including phenoxy) is 1.